The van der Waals surface area contributed by atoms with Gasteiger partial charge in [-0.2, -0.15) is 0 Å². The van der Waals surface area contributed by atoms with Crippen LogP contribution < -0.4 is 5.32 Å². The molecule has 0 aliphatic heterocycles. The quantitative estimate of drug-likeness (QED) is 0.519. The zero-order valence-corrected chi connectivity index (χ0v) is 15.2. The number of esters is 1. The van der Waals surface area contributed by atoms with Gasteiger partial charge in [-0.1, -0.05) is 6.07 Å². The summed E-state index contributed by atoms with van der Waals surface area (Å²) >= 11 is 0. The van der Waals surface area contributed by atoms with Crippen LogP contribution in [0.2, 0.25) is 0 Å². The monoisotopic (exact) mass is 397 g/mol. The fourth-order valence-electron chi connectivity index (χ4n) is 1.75. The average molecular weight is 398 g/mol. The van der Waals surface area contributed by atoms with Crippen molar-refractivity contribution in [3.05, 3.63) is 29.8 Å². The summed E-state index contributed by atoms with van der Waals surface area (Å²) in [7, 11) is -1.05. The third kappa shape index (κ3) is 6.46. The van der Waals surface area contributed by atoms with Gasteiger partial charge in [-0.25, -0.2) is 21.6 Å². The van der Waals surface area contributed by atoms with E-state index >= 15 is 0 Å². The van der Waals surface area contributed by atoms with Crippen molar-refractivity contribution in [3.8, 4) is 0 Å². The molecule has 0 aliphatic rings. The molecule has 0 heterocycles. The van der Waals surface area contributed by atoms with Gasteiger partial charge in [0.15, 0.2) is 0 Å². The fraction of sp³-hybridized carbons (Fsp3) is 0.385. The second kappa shape index (κ2) is 7.95. The standard InChI is InChI=1S/C13H16ClNO7S2/c1-22-13(17)11(6-7-23(2,18)19)15-12(16)9-4-3-5-10(8-9)24(14,20)21/h3-5,8,11H,6-7H2,1-2H3,(H,15,16). The van der Waals surface area contributed by atoms with Crippen molar-refractivity contribution in [2.45, 2.75) is 17.4 Å². The lowest BCUT2D eigenvalue weighted by molar-refractivity contribution is -0.142. The molecule has 0 aliphatic carbocycles. The number of nitrogens with one attached hydrogen (secondary N) is 1. The van der Waals surface area contributed by atoms with E-state index in [-0.39, 0.29) is 22.6 Å². The van der Waals surface area contributed by atoms with E-state index in [9.17, 15) is 26.4 Å². The van der Waals surface area contributed by atoms with Gasteiger partial charge in [0.25, 0.3) is 15.0 Å². The predicted octanol–water partition coefficient (Wildman–Crippen LogP) is 0.320. The molecule has 1 aromatic carbocycles. The molecule has 1 N–H and O–H groups in total. The number of carbonyl (C=O) groups is 2. The first-order chi connectivity index (χ1) is 10.9. The minimum absolute atomic E-state index is 0.0509. The number of sulfone groups is 1. The Hall–Kier alpha value is -1.65. The summed E-state index contributed by atoms with van der Waals surface area (Å²) < 4.78 is 49.5. The van der Waals surface area contributed by atoms with Crippen molar-refractivity contribution in [1.82, 2.24) is 5.32 Å². The molecule has 0 spiro atoms. The van der Waals surface area contributed by atoms with Crippen molar-refractivity contribution in [1.29, 1.82) is 0 Å². The zero-order valence-electron chi connectivity index (χ0n) is 12.9. The maximum Gasteiger partial charge on any atom is 0.328 e. The molecule has 1 unspecified atom stereocenters. The van der Waals surface area contributed by atoms with Crippen LogP contribution in [0.5, 0.6) is 0 Å². The molecule has 0 aromatic heterocycles. The summed E-state index contributed by atoms with van der Waals surface area (Å²) in [4.78, 5) is 23.6. The van der Waals surface area contributed by atoms with Gasteiger partial charge in [-0.15, -0.1) is 0 Å². The first-order valence-corrected chi connectivity index (χ1v) is 10.9. The summed E-state index contributed by atoms with van der Waals surface area (Å²) in [6.45, 7) is 0. The van der Waals surface area contributed by atoms with E-state index in [1.54, 1.807) is 0 Å². The predicted molar refractivity (Wildman–Crippen MR) is 87.1 cm³/mol. The van der Waals surface area contributed by atoms with Crippen LogP contribution in [0.1, 0.15) is 16.8 Å². The second-order valence-electron chi connectivity index (χ2n) is 4.93. The van der Waals surface area contributed by atoms with Gasteiger partial charge in [-0.3, -0.25) is 4.79 Å². The Morgan fingerprint density at radius 1 is 1.25 bits per heavy atom. The van der Waals surface area contributed by atoms with E-state index in [2.05, 4.69) is 10.1 Å². The van der Waals surface area contributed by atoms with Crippen molar-refractivity contribution in [2.24, 2.45) is 0 Å². The smallest absolute Gasteiger partial charge is 0.328 e. The van der Waals surface area contributed by atoms with Crippen LogP contribution in [0, 0.1) is 0 Å². The largest absolute Gasteiger partial charge is 0.467 e. The second-order valence-corrected chi connectivity index (χ2v) is 9.76. The van der Waals surface area contributed by atoms with E-state index in [0.29, 0.717) is 0 Å². The summed E-state index contributed by atoms with van der Waals surface area (Å²) in [5.41, 5.74) is -0.0509. The van der Waals surface area contributed by atoms with Crippen molar-refractivity contribution in [2.75, 3.05) is 19.1 Å². The van der Waals surface area contributed by atoms with E-state index in [1.807, 2.05) is 0 Å². The number of carbonyl (C=O) groups excluding carboxylic acids is 2. The number of halogens is 1. The molecule has 11 heteroatoms. The molecule has 0 bridgehead atoms. The Balaban J connectivity index is 2.98. The van der Waals surface area contributed by atoms with Gasteiger partial charge in [0.2, 0.25) is 0 Å². The Morgan fingerprint density at radius 3 is 2.38 bits per heavy atom. The van der Waals surface area contributed by atoms with Gasteiger partial charge in [-0.05, 0) is 24.6 Å². The van der Waals surface area contributed by atoms with Gasteiger partial charge in [0.1, 0.15) is 15.9 Å². The van der Waals surface area contributed by atoms with Crippen molar-refractivity contribution in [3.63, 3.8) is 0 Å². The summed E-state index contributed by atoms with van der Waals surface area (Å²) in [6, 6.07) is 3.71. The van der Waals surface area contributed by atoms with Crippen molar-refractivity contribution >= 4 is 41.4 Å². The number of methoxy groups -OCH3 is 1. The van der Waals surface area contributed by atoms with Crippen LogP contribution in [-0.2, 0) is 28.4 Å². The minimum Gasteiger partial charge on any atom is -0.467 e. The number of benzene rings is 1. The normalized spacial score (nSPS) is 13.1. The average Bonchev–Trinajstić information content (AvgIpc) is 2.48. The van der Waals surface area contributed by atoms with E-state index in [4.69, 9.17) is 10.7 Å². The molecular weight excluding hydrogens is 382 g/mol. The number of amides is 1. The highest BCUT2D eigenvalue weighted by Gasteiger charge is 2.24. The molecule has 1 atom stereocenters. The van der Waals surface area contributed by atoms with E-state index in [1.165, 1.54) is 18.2 Å². The topological polar surface area (TPSA) is 124 Å². The van der Waals surface area contributed by atoms with Crippen LogP contribution >= 0.6 is 10.7 Å². The number of rotatable bonds is 7. The van der Waals surface area contributed by atoms with Crippen LogP contribution in [-0.4, -0.2) is 53.9 Å². The van der Waals surface area contributed by atoms with Gasteiger partial charge < -0.3 is 10.1 Å². The highest BCUT2D eigenvalue weighted by Crippen LogP contribution is 2.16. The highest BCUT2D eigenvalue weighted by atomic mass is 35.7. The first-order valence-electron chi connectivity index (χ1n) is 6.55. The minimum atomic E-state index is -4.02. The van der Waals surface area contributed by atoms with Crippen molar-refractivity contribution < 1.29 is 31.2 Å². The molecule has 0 radical (unpaired) electrons. The molecule has 1 aromatic rings. The Morgan fingerprint density at radius 2 is 1.88 bits per heavy atom. The Labute approximate surface area is 144 Å². The zero-order chi connectivity index (χ0) is 18.5. The molecule has 8 nitrogen and oxygen atoms in total. The molecule has 24 heavy (non-hydrogen) atoms. The Kier molecular flexibility index (Phi) is 6.76. The van der Waals surface area contributed by atoms with Crippen LogP contribution in [0.15, 0.2) is 29.2 Å². The van der Waals surface area contributed by atoms with Crippen LogP contribution in [0.4, 0.5) is 0 Å². The maximum absolute atomic E-state index is 12.2. The molecule has 1 amide bonds. The Bertz CT molecular complexity index is 834. The van der Waals surface area contributed by atoms with E-state index in [0.717, 1.165) is 19.4 Å². The lowest BCUT2D eigenvalue weighted by Crippen LogP contribution is -2.42. The SMILES string of the molecule is COC(=O)C(CCS(C)(=O)=O)NC(=O)c1cccc(S(=O)(=O)Cl)c1. The molecule has 1 rings (SSSR count). The first kappa shape index (κ1) is 20.4. The van der Waals surface area contributed by atoms with E-state index < -0.39 is 36.8 Å². The number of ether oxygens (including phenoxy) is 1. The maximum atomic E-state index is 12.2. The van der Waals surface area contributed by atoms with Gasteiger partial charge >= 0.3 is 5.97 Å². The fourth-order valence-corrected chi connectivity index (χ4v) is 3.21. The summed E-state index contributed by atoms with van der Waals surface area (Å²) in [5.74, 6) is -1.91. The lowest BCUT2D eigenvalue weighted by Gasteiger charge is -2.16. The lowest BCUT2D eigenvalue weighted by atomic mass is 10.1. The number of hydrogen-bond acceptors (Lipinski definition) is 7. The third-order valence-electron chi connectivity index (χ3n) is 2.95. The van der Waals surface area contributed by atoms with Crippen LogP contribution in [0.3, 0.4) is 0 Å². The summed E-state index contributed by atoms with van der Waals surface area (Å²) in [5, 5.41) is 2.32. The number of hydrogen-bond donors (Lipinski definition) is 1. The third-order valence-corrected chi connectivity index (χ3v) is 5.27. The van der Waals surface area contributed by atoms with Crippen LogP contribution in [0.25, 0.3) is 0 Å². The van der Waals surface area contributed by atoms with Gasteiger partial charge in [0.05, 0.1) is 17.8 Å². The molecule has 0 saturated heterocycles. The molecule has 134 valence electrons. The summed E-state index contributed by atoms with van der Waals surface area (Å²) in [6.07, 6.45) is 0.822. The highest BCUT2D eigenvalue weighted by molar-refractivity contribution is 8.13. The van der Waals surface area contributed by atoms with Gasteiger partial charge in [0, 0.05) is 22.5 Å². The molecule has 0 saturated carbocycles. The molecular formula is C13H16ClNO7S2. The molecule has 0 fully saturated rings.